The third kappa shape index (κ3) is 4.35. The van der Waals surface area contributed by atoms with Crippen molar-refractivity contribution in [1.82, 2.24) is 19.8 Å². The lowest BCUT2D eigenvalue weighted by molar-refractivity contribution is 0.213. The molecule has 0 radical (unpaired) electrons. The van der Waals surface area contributed by atoms with Crippen molar-refractivity contribution in [3.63, 3.8) is 0 Å². The van der Waals surface area contributed by atoms with Crippen LogP contribution in [0.4, 0.5) is 0 Å². The fraction of sp³-hybridized carbons (Fsp3) is 0.333. The number of benzene rings is 2. The summed E-state index contributed by atoms with van der Waals surface area (Å²) in [5.74, 6) is 1.35. The number of nitrogens with zero attached hydrogens (tertiary/aromatic N) is 5. The standard InChI is InChI=1S/C21H25N5O4/c1-6-29-20-9-7-8-18(26-21(27)25(4)23-24-26)17(20)13-30-19-11-10-16(12-14(19)2)15(3)22-28-5/h7-12H,6,13H2,1-5H3. The molecule has 3 rings (SSSR count). The molecule has 0 aliphatic heterocycles. The molecule has 0 N–H and O–H groups in total. The molecule has 0 saturated carbocycles. The van der Waals surface area contributed by atoms with Gasteiger partial charge in [-0.2, -0.15) is 9.36 Å². The Morgan fingerprint density at radius 2 is 1.93 bits per heavy atom. The number of rotatable bonds is 8. The quantitative estimate of drug-likeness (QED) is 0.418. The predicted molar refractivity (Wildman–Crippen MR) is 113 cm³/mol. The van der Waals surface area contributed by atoms with Crippen LogP contribution in [-0.4, -0.2) is 39.2 Å². The third-order valence-electron chi connectivity index (χ3n) is 4.55. The molecule has 9 nitrogen and oxygen atoms in total. The van der Waals surface area contributed by atoms with Crippen molar-refractivity contribution < 1.29 is 14.3 Å². The number of aromatic nitrogens is 4. The van der Waals surface area contributed by atoms with Crippen LogP contribution in [0.15, 0.2) is 46.3 Å². The second kappa shape index (κ2) is 9.25. The summed E-state index contributed by atoms with van der Waals surface area (Å²) in [5.41, 5.74) is 3.60. The van der Waals surface area contributed by atoms with Gasteiger partial charge in [-0.15, -0.1) is 0 Å². The molecule has 0 aliphatic rings. The van der Waals surface area contributed by atoms with Crippen LogP contribution in [0.5, 0.6) is 11.5 Å². The summed E-state index contributed by atoms with van der Waals surface area (Å²) in [6, 6.07) is 11.2. The second-order valence-electron chi connectivity index (χ2n) is 6.61. The molecule has 0 saturated heterocycles. The Labute approximate surface area is 174 Å². The average molecular weight is 411 g/mol. The zero-order chi connectivity index (χ0) is 21.7. The largest absolute Gasteiger partial charge is 0.493 e. The summed E-state index contributed by atoms with van der Waals surface area (Å²) < 4.78 is 14.3. The Hall–Kier alpha value is -3.62. The van der Waals surface area contributed by atoms with Crippen LogP contribution in [0.3, 0.4) is 0 Å². The lowest BCUT2D eigenvalue weighted by atomic mass is 10.1. The van der Waals surface area contributed by atoms with Crippen molar-refractivity contribution in [3.05, 3.63) is 63.6 Å². The number of ether oxygens (including phenoxy) is 2. The van der Waals surface area contributed by atoms with Gasteiger partial charge in [0.25, 0.3) is 0 Å². The molecule has 0 unspecified atom stereocenters. The van der Waals surface area contributed by atoms with Crippen LogP contribution in [0.2, 0.25) is 0 Å². The molecule has 1 heterocycles. The van der Waals surface area contributed by atoms with E-state index in [4.69, 9.17) is 14.3 Å². The van der Waals surface area contributed by atoms with Gasteiger partial charge >= 0.3 is 5.69 Å². The molecule has 30 heavy (non-hydrogen) atoms. The lowest BCUT2D eigenvalue weighted by Crippen LogP contribution is -2.23. The Balaban J connectivity index is 1.94. The van der Waals surface area contributed by atoms with E-state index in [0.717, 1.165) is 16.8 Å². The molecule has 0 fully saturated rings. The third-order valence-corrected chi connectivity index (χ3v) is 4.55. The maximum absolute atomic E-state index is 12.4. The molecule has 1 aromatic heterocycles. The summed E-state index contributed by atoms with van der Waals surface area (Å²) in [4.78, 5) is 17.2. The average Bonchev–Trinajstić information content (AvgIpc) is 3.06. The topological polar surface area (TPSA) is 92.8 Å². The van der Waals surface area contributed by atoms with E-state index in [9.17, 15) is 4.79 Å². The molecule has 3 aromatic rings. The molecule has 0 spiro atoms. The molecule has 0 aliphatic carbocycles. The highest BCUT2D eigenvalue weighted by molar-refractivity contribution is 5.98. The van der Waals surface area contributed by atoms with Crippen LogP contribution in [0.1, 0.15) is 30.5 Å². The summed E-state index contributed by atoms with van der Waals surface area (Å²) in [7, 11) is 3.07. The fourth-order valence-corrected chi connectivity index (χ4v) is 3.03. The summed E-state index contributed by atoms with van der Waals surface area (Å²) in [6.45, 7) is 6.42. The highest BCUT2D eigenvalue weighted by Crippen LogP contribution is 2.28. The first-order valence-corrected chi connectivity index (χ1v) is 9.51. The van der Waals surface area contributed by atoms with Gasteiger partial charge in [-0.1, -0.05) is 11.2 Å². The van der Waals surface area contributed by atoms with Crippen molar-refractivity contribution in [1.29, 1.82) is 0 Å². The molecule has 0 amide bonds. The Bertz CT molecular complexity index is 1120. The number of aryl methyl sites for hydroxylation is 2. The highest BCUT2D eigenvalue weighted by Gasteiger charge is 2.16. The van der Waals surface area contributed by atoms with E-state index in [1.54, 1.807) is 13.1 Å². The molecular weight excluding hydrogens is 386 g/mol. The van der Waals surface area contributed by atoms with Crippen molar-refractivity contribution in [2.45, 2.75) is 27.4 Å². The molecule has 0 atom stereocenters. The SMILES string of the molecule is CCOc1cccc(-n2nnn(C)c2=O)c1COc1ccc(C(C)=NOC)cc1C. The van der Waals surface area contributed by atoms with Crippen LogP contribution in [-0.2, 0) is 18.5 Å². The van der Waals surface area contributed by atoms with Crippen molar-refractivity contribution in [2.75, 3.05) is 13.7 Å². The molecular formula is C21H25N5O4. The second-order valence-corrected chi connectivity index (χ2v) is 6.61. The highest BCUT2D eigenvalue weighted by atomic mass is 16.6. The first kappa shape index (κ1) is 21.1. The summed E-state index contributed by atoms with van der Waals surface area (Å²) in [5, 5.41) is 11.7. The number of oxime groups is 1. The van der Waals surface area contributed by atoms with E-state index in [1.165, 1.54) is 16.5 Å². The van der Waals surface area contributed by atoms with Gasteiger partial charge in [0.05, 0.1) is 23.6 Å². The van der Waals surface area contributed by atoms with Crippen LogP contribution in [0.25, 0.3) is 5.69 Å². The van der Waals surface area contributed by atoms with Crippen molar-refractivity contribution in [2.24, 2.45) is 12.2 Å². The van der Waals surface area contributed by atoms with Crippen molar-refractivity contribution in [3.8, 4) is 17.2 Å². The number of tetrazole rings is 1. The van der Waals surface area contributed by atoms with Gasteiger partial charge in [0.15, 0.2) is 0 Å². The minimum absolute atomic E-state index is 0.194. The van der Waals surface area contributed by atoms with Crippen LogP contribution >= 0.6 is 0 Å². The zero-order valence-corrected chi connectivity index (χ0v) is 17.7. The van der Waals surface area contributed by atoms with Gasteiger partial charge in [-0.05, 0) is 72.7 Å². The van der Waals surface area contributed by atoms with E-state index in [1.807, 2.05) is 51.1 Å². The van der Waals surface area contributed by atoms with Crippen LogP contribution < -0.4 is 15.2 Å². The molecule has 0 bridgehead atoms. The van der Waals surface area contributed by atoms with E-state index in [-0.39, 0.29) is 12.3 Å². The fourth-order valence-electron chi connectivity index (χ4n) is 3.03. The number of hydrogen-bond donors (Lipinski definition) is 0. The summed E-state index contributed by atoms with van der Waals surface area (Å²) >= 11 is 0. The van der Waals surface area contributed by atoms with E-state index in [0.29, 0.717) is 29.4 Å². The molecule has 158 valence electrons. The van der Waals surface area contributed by atoms with Gasteiger partial charge in [0, 0.05) is 7.05 Å². The molecule has 2 aromatic carbocycles. The van der Waals surface area contributed by atoms with Gasteiger partial charge in [-0.25, -0.2) is 4.79 Å². The van der Waals surface area contributed by atoms with Crippen molar-refractivity contribution >= 4 is 5.71 Å². The number of hydrogen-bond acceptors (Lipinski definition) is 7. The van der Waals surface area contributed by atoms with E-state index < -0.39 is 0 Å². The Morgan fingerprint density at radius 1 is 1.13 bits per heavy atom. The maximum Gasteiger partial charge on any atom is 0.368 e. The maximum atomic E-state index is 12.4. The zero-order valence-electron chi connectivity index (χ0n) is 17.7. The molecule has 9 heteroatoms. The minimum Gasteiger partial charge on any atom is -0.493 e. The van der Waals surface area contributed by atoms with E-state index >= 15 is 0 Å². The first-order chi connectivity index (χ1) is 14.5. The van der Waals surface area contributed by atoms with Gasteiger partial charge < -0.3 is 14.3 Å². The Morgan fingerprint density at radius 3 is 2.57 bits per heavy atom. The summed E-state index contributed by atoms with van der Waals surface area (Å²) in [6.07, 6.45) is 0. The minimum atomic E-state index is -0.349. The van der Waals surface area contributed by atoms with Gasteiger partial charge in [0.2, 0.25) is 0 Å². The predicted octanol–water partition coefficient (Wildman–Crippen LogP) is 2.62. The van der Waals surface area contributed by atoms with Gasteiger partial charge in [-0.3, -0.25) is 0 Å². The lowest BCUT2D eigenvalue weighted by Gasteiger charge is -2.16. The smallest absolute Gasteiger partial charge is 0.368 e. The monoisotopic (exact) mass is 411 g/mol. The normalized spacial score (nSPS) is 11.4. The van der Waals surface area contributed by atoms with Gasteiger partial charge in [0.1, 0.15) is 25.2 Å². The first-order valence-electron chi connectivity index (χ1n) is 9.51. The van der Waals surface area contributed by atoms with E-state index in [2.05, 4.69) is 15.6 Å². The van der Waals surface area contributed by atoms with Crippen LogP contribution in [0, 0.1) is 6.92 Å². The Kier molecular flexibility index (Phi) is 6.51.